The lowest BCUT2D eigenvalue weighted by Crippen LogP contribution is -2.24. The van der Waals surface area contributed by atoms with Crippen molar-refractivity contribution in [3.05, 3.63) is 74.0 Å². The molecule has 0 N–H and O–H groups in total. The number of rotatable bonds is 6. The Morgan fingerprint density at radius 3 is 2.50 bits per heavy atom. The van der Waals surface area contributed by atoms with E-state index in [0.717, 1.165) is 12.1 Å². The summed E-state index contributed by atoms with van der Waals surface area (Å²) in [5, 5.41) is 2.36. The average molecular weight is 445 g/mol. The van der Waals surface area contributed by atoms with Crippen LogP contribution in [0.5, 0.6) is 0 Å². The number of benzene rings is 2. The topological polar surface area (TPSA) is 15.6 Å². The summed E-state index contributed by atoms with van der Waals surface area (Å²) < 4.78 is 0. The average Bonchev–Trinajstić information content (AvgIpc) is 3.14. The summed E-state index contributed by atoms with van der Waals surface area (Å²) in [7, 11) is 2.07. The third kappa shape index (κ3) is 4.83. The molecule has 3 aromatic rings. The number of fused-ring (bicyclic) bond motifs is 1. The van der Waals surface area contributed by atoms with E-state index in [4.69, 9.17) is 4.99 Å². The maximum Gasteiger partial charge on any atom is 0.0912 e. The van der Waals surface area contributed by atoms with Crippen LogP contribution in [0, 0.1) is 20.8 Å². The van der Waals surface area contributed by atoms with E-state index in [1.165, 1.54) is 63.9 Å². The van der Waals surface area contributed by atoms with Gasteiger partial charge in [0.15, 0.2) is 0 Å². The molecule has 2 nitrogen and oxygen atoms in total. The fourth-order valence-corrected chi connectivity index (χ4v) is 5.57. The van der Waals surface area contributed by atoms with E-state index in [1.807, 2.05) is 17.7 Å². The normalized spacial score (nSPS) is 13.7. The molecule has 0 saturated carbocycles. The quantitative estimate of drug-likeness (QED) is 0.280. The maximum atomic E-state index is 4.74. The van der Waals surface area contributed by atoms with Gasteiger partial charge in [0.05, 0.1) is 12.0 Å². The Morgan fingerprint density at radius 1 is 1.00 bits per heavy atom. The predicted octanol–water partition coefficient (Wildman–Crippen LogP) is 7.81. The first-order valence-corrected chi connectivity index (χ1v) is 12.8. The Morgan fingerprint density at radius 2 is 1.75 bits per heavy atom. The van der Waals surface area contributed by atoms with Gasteiger partial charge in [0, 0.05) is 24.4 Å². The van der Waals surface area contributed by atoms with E-state index in [0.29, 0.717) is 6.04 Å². The van der Waals surface area contributed by atoms with Gasteiger partial charge in [-0.3, -0.25) is 0 Å². The highest BCUT2D eigenvalue weighted by Gasteiger charge is 2.15. The molecule has 1 aliphatic rings. The summed E-state index contributed by atoms with van der Waals surface area (Å²) in [4.78, 5) is 8.34. The van der Waals surface area contributed by atoms with Crippen LogP contribution < -0.4 is 0 Å². The summed E-state index contributed by atoms with van der Waals surface area (Å²) >= 11 is 1.90. The van der Waals surface area contributed by atoms with Crippen molar-refractivity contribution in [2.24, 2.45) is 4.99 Å². The third-order valence-electron chi connectivity index (χ3n) is 7.00. The molecule has 32 heavy (non-hydrogen) atoms. The molecule has 0 spiro atoms. The summed E-state index contributed by atoms with van der Waals surface area (Å²) in [5.41, 5.74) is 12.4. The van der Waals surface area contributed by atoms with Gasteiger partial charge in [-0.2, -0.15) is 0 Å². The second-order valence-electron chi connectivity index (χ2n) is 9.63. The minimum absolute atomic E-state index is 0.450. The van der Waals surface area contributed by atoms with Crippen molar-refractivity contribution in [2.75, 3.05) is 7.05 Å². The van der Waals surface area contributed by atoms with Crippen LogP contribution in [-0.4, -0.2) is 24.3 Å². The van der Waals surface area contributed by atoms with Gasteiger partial charge in [-0.1, -0.05) is 24.3 Å². The zero-order valence-electron chi connectivity index (χ0n) is 20.5. The van der Waals surface area contributed by atoms with Crippen molar-refractivity contribution in [1.82, 2.24) is 4.90 Å². The van der Waals surface area contributed by atoms with E-state index in [2.05, 4.69) is 82.3 Å². The zero-order chi connectivity index (χ0) is 22.8. The van der Waals surface area contributed by atoms with Gasteiger partial charge in [-0.15, -0.1) is 11.3 Å². The van der Waals surface area contributed by atoms with Crippen LogP contribution >= 0.6 is 11.3 Å². The van der Waals surface area contributed by atoms with Gasteiger partial charge >= 0.3 is 0 Å². The van der Waals surface area contributed by atoms with E-state index >= 15 is 0 Å². The van der Waals surface area contributed by atoms with Crippen LogP contribution in [0.4, 0.5) is 5.69 Å². The summed E-state index contributed by atoms with van der Waals surface area (Å²) in [6.07, 6.45) is 8.09. The van der Waals surface area contributed by atoms with Crippen LogP contribution in [0.3, 0.4) is 0 Å². The standard InChI is InChI=1S/C29H36N2S/c1-19(2)31(6)18-30-28-14-20(3)26(13-21(28)4)16-29-22(5)27(17-32-29)25-12-11-23-9-7-8-10-24(23)15-25/h11-15,17-19H,7-10,16H2,1-6H3. The molecule has 1 heterocycles. The molecule has 1 aliphatic carbocycles. The molecule has 0 saturated heterocycles. The molecule has 0 amide bonds. The monoisotopic (exact) mass is 444 g/mol. The van der Waals surface area contributed by atoms with Crippen molar-refractivity contribution in [2.45, 2.75) is 72.8 Å². The van der Waals surface area contributed by atoms with Gasteiger partial charge in [0.25, 0.3) is 0 Å². The van der Waals surface area contributed by atoms with E-state index < -0.39 is 0 Å². The summed E-state index contributed by atoms with van der Waals surface area (Å²) in [6, 6.07) is 12.2. The molecule has 0 atom stereocenters. The van der Waals surface area contributed by atoms with Crippen molar-refractivity contribution in [1.29, 1.82) is 0 Å². The van der Waals surface area contributed by atoms with Gasteiger partial charge in [-0.25, -0.2) is 4.99 Å². The second-order valence-corrected chi connectivity index (χ2v) is 10.6. The van der Waals surface area contributed by atoms with Gasteiger partial charge in [-0.05, 0) is 116 Å². The molecular formula is C29H36N2S. The minimum Gasteiger partial charge on any atom is -0.363 e. The fourth-order valence-electron chi connectivity index (χ4n) is 4.47. The maximum absolute atomic E-state index is 4.74. The number of hydrogen-bond acceptors (Lipinski definition) is 2. The molecular weight excluding hydrogens is 408 g/mol. The van der Waals surface area contributed by atoms with Gasteiger partial charge in [0.1, 0.15) is 0 Å². The van der Waals surface area contributed by atoms with Crippen molar-refractivity contribution in [3.8, 4) is 11.1 Å². The highest BCUT2D eigenvalue weighted by molar-refractivity contribution is 7.10. The molecule has 0 fully saturated rings. The first-order chi connectivity index (χ1) is 15.3. The molecule has 2 aromatic carbocycles. The van der Waals surface area contributed by atoms with E-state index in [9.17, 15) is 0 Å². The van der Waals surface area contributed by atoms with Gasteiger partial charge in [0.2, 0.25) is 0 Å². The first kappa shape index (κ1) is 22.8. The minimum atomic E-state index is 0.450. The van der Waals surface area contributed by atoms with Crippen LogP contribution in [-0.2, 0) is 19.3 Å². The molecule has 0 unspecified atom stereocenters. The molecule has 0 aliphatic heterocycles. The Labute approximate surface area is 198 Å². The number of aliphatic imine (C=N–C) groups is 1. The second kappa shape index (κ2) is 9.62. The number of thiophene rings is 1. The highest BCUT2D eigenvalue weighted by Crippen LogP contribution is 2.35. The largest absolute Gasteiger partial charge is 0.363 e. The summed E-state index contributed by atoms with van der Waals surface area (Å²) in [5.74, 6) is 0. The lowest BCUT2D eigenvalue weighted by Gasteiger charge is -2.17. The van der Waals surface area contributed by atoms with Crippen LogP contribution in [0.25, 0.3) is 11.1 Å². The molecule has 0 bridgehead atoms. The molecule has 0 radical (unpaired) electrons. The van der Waals surface area contributed by atoms with E-state index in [-0.39, 0.29) is 0 Å². The smallest absolute Gasteiger partial charge is 0.0912 e. The van der Waals surface area contributed by atoms with Crippen molar-refractivity contribution >= 4 is 23.4 Å². The van der Waals surface area contributed by atoms with Crippen molar-refractivity contribution in [3.63, 3.8) is 0 Å². The molecule has 3 heteroatoms. The third-order valence-corrected chi connectivity index (χ3v) is 8.09. The van der Waals surface area contributed by atoms with Crippen molar-refractivity contribution < 1.29 is 0 Å². The highest BCUT2D eigenvalue weighted by atomic mass is 32.1. The van der Waals surface area contributed by atoms with Crippen LogP contribution in [0.1, 0.15) is 64.9 Å². The SMILES string of the molecule is Cc1cc(N=CN(C)C(C)C)c(C)cc1Cc1scc(-c2ccc3c(c2)CCCC3)c1C. The lowest BCUT2D eigenvalue weighted by atomic mass is 9.89. The first-order valence-electron chi connectivity index (χ1n) is 11.9. The fraction of sp³-hybridized carbons (Fsp3) is 0.414. The Balaban J connectivity index is 1.56. The van der Waals surface area contributed by atoms with Gasteiger partial charge < -0.3 is 4.90 Å². The number of hydrogen-bond donors (Lipinski definition) is 0. The molecule has 4 rings (SSSR count). The Hall–Kier alpha value is -2.39. The molecule has 168 valence electrons. The van der Waals surface area contributed by atoms with Crippen LogP contribution in [0.15, 0.2) is 40.7 Å². The zero-order valence-corrected chi connectivity index (χ0v) is 21.3. The predicted molar refractivity (Wildman–Crippen MR) is 141 cm³/mol. The lowest BCUT2D eigenvalue weighted by molar-refractivity contribution is 0.429. The van der Waals surface area contributed by atoms with E-state index in [1.54, 1.807) is 11.1 Å². The Kier molecular flexibility index (Phi) is 6.85. The van der Waals surface area contributed by atoms with Crippen LogP contribution in [0.2, 0.25) is 0 Å². The Bertz CT molecular complexity index is 1140. The molecule has 1 aromatic heterocycles. The number of nitrogens with zero attached hydrogens (tertiary/aromatic N) is 2. The summed E-state index contributed by atoms with van der Waals surface area (Å²) in [6.45, 7) is 11.0. The number of aryl methyl sites for hydroxylation is 4.